The molecule has 50 heavy (non-hydrogen) atoms. The van der Waals surface area contributed by atoms with E-state index < -0.39 is 0 Å². The second-order valence-electron chi connectivity index (χ2n) is 14.7. The van der Waals surface area contributed by atoms with E-state index in [1.54, 1.807) is 36.5 Å². The SMILES string of the molecule is Cc1c2c(n(CCN(C=O)c3nccc(-c4cc(Nc5ccc(N6CCN(C7COC7)CC6)cn5)c(=O)n(C)c4)c3CO)c1C)CC(C)(C)C2. The van der Waals surface area contributed by atoms with Crippen molar-refractivity contribution in [2.45, 2.75) is 59.7 Å². The molecule has 0 unspecified atom stereocenters. The van der Waals surface area contributed by atoms with Gasteiger partial charge in [0, 0.05) is 81.2 Å². The quantitative estimate of drug-likeness (QED) is 0.228. The molecule has 2 N–H and O–H groups in total. The van der Waals surface area contributed by atoms with Gasteiger partial charge in [-0.25, -0.2) is 9.97 Å². The van der Waals surface area contributed by atoms with Gasteiger partial charge in [0.2, 0.25) is 6.41 Å². The molecular formula is C38H48N8O4. The van der Waals surface area contributed by atoms with E-state index in [9.17, 15) is 14.7 Å². The Morgan fingerprint density at radius 2 is 1.88 bits per heavy atom. The van der Waals surface area contributed by atoms with E-state index in [0.29, 0.717) is 53.1 Å². The van der Waals surface area contributed by atoms with E-state index in [4.69, 9.17) is 4.74 Å². The second-order valence-corrected chi connectivity index (χ2v) is 14.7. The molecule has 4 aromatic heterocycles. The third-order valence-corrected chi connectivity index (χ3v) is 10.9. The summed E-state index contributed by atoms with van der Waals surface area (Å²) in [6, 6.07) is 8.05. The molecule has 2 saturated heterocycles. The number of rotatable bonds is 11. The third kappa shape index (κ3) is 6.43. The van der Waals surface area contributed by atoms with E-state index in [2.05, 4.69) is 57.3 Å². The molecule has 3 aliphatic rings. The number of aliphatic hydroxyl groups is 1. The van der Waals surface area contributed by atoms with Gasteiger partial charge in [0.05, 0.1) is 37.7 Å². The number of ether oxygens (including phenoxy) is 1. The van der Waals surface area contributed by atoms with Gasteiger partial charge in [-0.2, -0.15) is 0 Å². The number of nitrogens with zero attached hydrogens (tertiary/aromatic N) is 7. The van der Waals surface area contributed by atoms with Crippen LogP contribution in [0, 0.1) is 19.3 Å². The van der Waals surface area contributed by atoms with Crippen molar-refractivity contribution in [2.24, 2.45) is 12.5 Å². The predicted octanol–water partition coefficient (Wildman–Crippen LogP) is 3.81. The monoisotopic (exact) mass is 680 g/mol. The Balaban J connectivity index is 1.09. The number of fused-ring (bicyclic) bond motifs is 1. The Hall–Kier alpha value is -4.52. The van der Waals surface area contributed by atoms with Crippen molar-refractivity contribution >= 4 is 29.4 Å². The van der Waals surface area contributed by atoms with Crippen molar-refractivity contribution in [2.75, 3.05) is 61.1 Å². The summed E-state index contributed by atoms with van der Waals surface area (Å²) in [6.45, 7) is 15.2. The number of piperazine rings is 1. The van der Waals surface area contributed by atoms with Crippen LogP contribution in [0.1, 0.15) is 41.9 Å². The van der Waals surface area contributed by atoms with E-state index in [1.807, 2.05) is 18.3 Å². The predicted molar refractivity (Wildman–Crippen MR) is 195 cm³/mol. The van der Waals surface area contributed by atoms with Crippen LogP contribution in [0.15, 0.2) is 47.7 Å². The van der Waals surface area contributed by atoms with Crippen molar-refractivity contribution in [1.82, 2.24) is 24.0 Å². The van der Waals surface area contributed by atoms with Crippen molar-refractivity contribution in [1.29, 1.82) is 0 Å². The van der Waals surface area contributed by atoms with Gasteiger partial charge in [-0.3, -0.25) is 19.4 Å². The van der Waals surface area contributed by atoms with Crippen LogP contribution < -0.4 is 20.7 Å². The smallest absolute Gasteiger partial charge is 0.274 e. The van der Waals surface area contributed by atoms with E-state index in [1.165, 1.54) is 27.1 Å². The molecule has 0 spiro atoms. The maximum Gasteiger partial charge on any atom is 0.274 e. The number of hydrogen-bond donors (Lipinski definition) is 2. The lowest BCUT2D eigenvalue weighted by Crippen LogP contribution is -2.56. The number of carbonyl (C=O) groups excluding carboxylic acids is 1. The van der Waals surface area contributed by atoms with Gasteiger partial charge >= 0.3 is 0 Å². The van der Waals surface area contributed by atoms with Crippen LogP contribution >= 0.6 is 0 Å². The van der Waals surface area contributed by atoms with E-state index >= 15 is 0 Å². The summed E-state index contributed by atoms with van der Waals surface area (Å²) >= 11 is 0. The van der Waals surface area contributed by atoms with Gasteiger partial charge in [-0.1, -0.05) is 13.8 Å². The Morgan fingerprint density at radius 3 is 2.54 bits per heavy atom. The molecule has 12 heteroatoms. The highest BCUT2D eigenvalue weighted by Gasteiger charge is 2.34. The third-order valence-electron chi connectivity index (χ3n) is 10.9. The topological polar surface area (TPSA) is 121 Å². The number of aliphatic hydroxyl groups excluding tert-OH is 1. The number of aryl methyl sites for hydroxylation is 1. The largest absolute Gasteiger partial charge is 0.392 e. The van der Waals surface area contributed by atoms with Gasteiger partial charge in [0.1, 0.15) is 17.3 Å². The average Bonchev–Trinajstić information content (AvgIpc) is 3.52. The lowest BCUT2D eigenvalue weighted by Gasteiger charge is -2.43. The van der Waals surface area contributed by atoms with Crippen molar-refractivity contribution in [3.8, 4) is 11.1 Å². The summed E-state index contributed by atoms with van der Waals surface area (Å²) in [7, 11) is 1.70. The second kappa shape index (κ2) is 13.7. The van der Waals surface area contributed by atoms with Gasteiger partial charge in [-0.05, 0) is 73.1 Å². The Kier molecular flexibility index (Phi) is 9.27. The summed E-state index contributed by atoms with van der Waals surface area (Å²) in [5.74, 6) is 0.963. The van der Waals surface area contributed by atoms with Gasteiger partial charge in [0.25, 0.3) is 5.56 Å². The van der Waals surface area contributed by atoms with Crippen LogP contribution in [0.3, 0.4) is 0 Å². The molecule has 6 heterocycles. The van der Waals surface area contributed by atoms with Gasteiger partial charge in [0.15, 0.2) is 0 Å². The minimum Gasteiger partial charge on any atom is -0.392 e. The number of hydrogen-bond acceptors (Lipinski definition) is 9. The Bertz CT molecular complexity index is 1940. The minimum absolute atomic E-state index is 0.210. The molecule has 0 radical (unpaired) electrons. The molecular weight excluding hydrogens is 632 g/mol. The van der Waals surface area contributed by atoms with E-state index in [0.717, 1.165) is 64.3 Å². The zero-order valence-corrected chi connectivity index (χ0v) is 29.8. The lowest BCUT2D eigenvalue weighted by molar-refractivity contribution is -0.107. The van der Waals surface area contributed by atoms with Gasteiger partial charge < -0.3 is 29.2 Å². The molecule has 1 amide bonds. The Labute approximate surface area is 293 Å². The molecule has 12 nitrogen and oxygen atoms in total. The fraction of sp³-hybridized carbons (Fsp3) is 0.474. The number of amides is 1. The highest BCUT2D eigenvalue weighted by Crippen LogP contribution is 2.40. The number of pyridine rings is 3. The molecule has 7 rings (SSSR count). The first-order valence-corrected chi connectivity index (χ1v) is 17.6. The summed E-state index contributed by atoms with van der Waals surface area (Å²) in [4.78, 5) is 41.4. The average molecular weight is 681 g/mol. The molecule has 0 aromatic carbocycles. The normalized spacial score (nSPS) is 17.4. The van der Waals surface area contributed by atoms with Crippen LogP contribution in [0.25, 0.3) is 11.1 Å². The summed E-state index contributed by atoms with van der Waals surface area (Å²) < 4.78 is 9.21. The fourth-order valence-electron chi connectivity index (χ4n) is 7.82. The number of carbonyl (C=O) groups is 1. The van der Waals surface area contributed by atoms with Crippen LogP contribution in [-0.4, -0.2) is 87.5 Å². The highest BCUT2D eigenvalue weighted by molar-refractivity contribution is 5.81. The molecule has 264 valence electrons. The summed E-state index contributed by atoms with van der Waals surface area (Å²) in [5, 5.41) is 13.9. The first kappa shape index (κ1) is 34.0. The molecule has 1 aliphatic carbocycles. The van der Waals surface area contributed by atoms with Crippen molar-refractivity contribution in [3.05, 3.63) is 81.3 Å². The molecule has 0 atom stereocenters. The maximum atomic E-state index is 13.3. The fourth-order valence-corrected chi connectivity index (χ4v) is 7.82. The van der Waals surface area contributed by atoms with Gasteiger partial charge in [-0.15, -0.1) is 0 Å². The Morgan fingerprint density at radius 1 is 1.10 bits per heavy atom. The first-order chi connectivity index (χ1) is 24.1. The highest BCUT2D eigenvalue weighted by atomic mass is 16.5. The lowest BCUT2D eigenvalue weighted by atomic mass is 9.89. The van der Waals surface area contributed by atoms with Crippen LogP contribution in [0.2, 0.25) is 0 Å². The van der Waals surface area contributed by atoms with Crippen LogP contribution in [-0.2, 0) is 42.6 Å². The van der Waals surface area contributed by atoms with Crippen LogP contribution in [0.4, 0.5) is 23.0 Å². The standard InChI is InChI=1S/C38H48N8O4/c1-25-26(2)46(34-18-38(3,4)17-31(25)34)15-14-45(24-48)36-32(21-47)30(8-9-39-36)27-16-33(37(49)42(5)20-27)41-35-7-6-28(19-40-35)43-10-12-44(13-11-43)29-22-50-23-29/h6-9,16,19-20,24,29,47H,10-15,17-18,21-23H2,1-5H3,(H,40,41). The summed E-state index contributed by atoms with van der Waals surface area (Å²) in [5.41, 5.74) is 8.67. The molecule has 0 bridgehead atoms. The maximum absolute atomic E-state index is 13.3. The molecule has 2 fully saturated rings. The molecule has 2 aliphatic heterocycles. The molecule has 0 saturated carbocycles. The van der Waals surface area contributed by atoms with Crippen molar-refractivity contribution in [3.63, 3.8) is 0 Å². The van der Waals surface area contributed by atoms with Crippen LogP contribution in [0.5, 0.6) is 0 Å². The zero-order chi connectivity index (χ0) is 35.2. The minimum atomic E-state index is -0.328. The number of nitrogens with one attached hydrogen (secondary N) is 1. The number of anilines is 4. The van der Waals surface area contributed by atoms with Crippen molar-refractivity contribution < 1.29 is 14.6 Å². The summed E-state index contributed by atoms with van der Waals surface area (Å²) in [6.07, 6.45) is 8.07. The number of aromatic nitrogens is 4. The van der Waals surface area contributed by atoms with E-state index in [-0.39, 0.29) is 17.6 Å². The zero-order valence-electron chi connectivity index (χ0n) is 29.8. The first-order valence-electron chi connectivity index (χ1n) is 17.6. The molecule has 4 aromatic rings.